The van der Waals surface area contributed by atoms with Crippen molar-refractivity contribution in [3.63, 3.8) is 0 Å². The van der Waals surface area contributed by atoms with E-state index in [0.717, 1.165) is 34.7 Å². The van der Waals surface area contributed by atoms with Gasteiger partial charge >= 0.3 is 0 Å². The monoisotopic (exact) mass is 750 g/mol. The van der Waals surface area contributed by atoms with Gasteiger partial charge in [0.25, 0.3) is 10.5 Å². The molecule has 2 saturated heterocycles. The third-order valence-corrected chi connectivity index (χ3v) is 9.97. The van der Waals surface area contributed by atoms with E-state index in [4.69, 9.17) is 25.8 Å². The number of rotatable bonds is 13. The maximum absolute atomic E-state index is 11.6. The summed E-state index contributed by atoms with van der Waals surface area (Å²) in [5.74, 6) is 1.34. The molecule has 2 heterocycles. The fourth-order valence-corrected chi connectivity index (χ4v) is 7.04. The number of methoxy groups -OCH3 is 1. The molecule has 0 aliphatic carbocycles. The molecular weight excluding hydrogens is 716 g/mol. The number of hydrogen-bond acceptors (Lipinski definition) is 11. The average molecular weight is 751 g/mol. The number of benzene rings is 4. The highest BCUT2D eigenvalue weighted by molar-refractivity contribution is 8.15. The van der Waals surface area contributed by atoms with Crippen molar-refractivity contribution in [2.24, 2.45) is 0 Å². The molecule has 2 aliphatic heterocycles. The summed E-state index contributed by atoms with van der Waals surface area (Å²) >= 11 is 7.93. The van der Waals surface area contributed by atoms with Crippen molar-refractivity contribution < 1.29 is 43.6 Å². The normalized spacial score (nSPS) is 17.9. The minimum atomic E-state index is -0.810. The van der Waals surface area contributed by atoms with E-state index in [9.17, 15) is 29.4 Å². The molecule has 0 radical (unpaired) electrons. The van der Waals surface area contributed by atoms with Crippen LogP contribution in [0.5, 0.6) is 17.2 Å². The first-order valence-electron chi connectivity index (χ1n) is 15.8. The SMILES string of the molecule is COc1ccccc1C(O)COc1ccc(CC2SC(=O)NC2=O)cc1.O=C1NC(=O)C(Cc2ccc(OCC(O)c3cccc(Cl)c3)cc2)S1. The van der Waals surface area contributed by atoms with Gasteiger partial charge in [0.1, 0.15) is 42.7 Å². The molecular formula is C37H35ClN2O9S2. The second-order valence-electron chi connectivity index (χ2n) is 11.4. The molecule has 0 aromatic heterocycles. The molecule has 11 nitrogen and oxygen atoms in total. The van der Waals surface area contributed by atoms with Crippen LogP contribution in [-0.2, 0) is 22.4 Å². The Kier molecular flexibility index (Phi) is 13.4. The molecule has 4 atom stereocenters. The number of aliphatic hydroxyl groups excluding tert-OH is 2. The summed E-state index contributed by atoms with van der Waals surface area (Å²) in [5, 5.41) is 24.2. The maximum Gasteiger partial charge on any atom is 0.286 e. The highest BCUT2D eigenvalue weighted by Crippen LogP contribution is 2.28. The predicted molar refractivity (Wildman–Crippen MR) is 195 cm³/mol. The second-order valence-corrected chi connectivity index (χ2v) is 14.2. The molecule has 4 aromatic carbocycles. The number of thioether (sulfide) groups is 2. The number of hydrogen-bond donors (Lipinski definition) is 4. The molecule has 0 saturated carbocycles. The van der Waals surface area contributed by atoms with Crippen LogP contribution in [0.1, 0.15) is 34.5 Å². The van der Waals surface area contributed by atoms with Crippen LogP contribution in [0.4, 0.5) is 9.59 Å². The van der Waals surface area contributed by atoms with Crippen LogP contribution >= 0.6 is 35.1 Å². The Balaban J connectivity index is 0.000000198. The van der Waals surface area contributed by atoms with E-state index in [1.54, 1.807) is 67.8 Å². The van der Waals surface area contributed by atoms with Gasteiger partial charge in [0.2, 0.25) is 11.8 Å². The summed E-state index contributed by atoms with van der Waals surface area (Å²) in [5.41, 5.74) is 3.23. The van der Waals surface area contributed by atoms with Crippen molar-refractivity contribution in [3.05, 3.63) is 124 Å². The number of amides is 4. The molecule has 4 N–H and O–H groups in total. The third kappa shape index (κ3) is 11.0. The van der Waals surface area contributed by atoms with Gasteiger partial charge in [0, 0.05) is 10.6 Å². The standard InChI is InChI=1S/C19H19NO5S.C18H16ClNO4S/c1-24-16-5-3-2-4-14(16)15(21)11-25-13-8-6-12(7-9-13)10-17-18(22)20-19(23)26-17;19-13-3-1-2-12(9-13)15(21)10-24-14-6-4-11(5-7-14)8-16-17(22)20-18(23)25-16/h2-9,15,17,21H,10-11H2,1H3,(H,20,22,23);1-7,9,15-16,21H,8,10H2,(H,20,22,23). The fraction of sp³-hybridized carbons (Fsp3) is 0.243. The van der Waals surface area contributed by atoms with Crippen LogP contribution in [-0.4, -0.2) is 63.3 Å². The lowest BCUT2D eigenvalue weighted by molar-refractivity contribution is -0.119. The molecule has 0 bridgehead atoms. The van der Waals surface area contributed by atoms with Gasteiger partial charge in [-0.2, -0.15) is 0 Å². The van der Waals surface area contributed by atoms with Crippen molar-refractivity contribution in [3.8, 4) is 17.2 Å². The average Bonchev–Trinajstić information content (AvgIpc) is 3.63. The van der Waals surface area contributed by atoms with Crippen molar-refractivity contribution >= 4 is 57.4 Å². The second kappa shape index (κ2) is 18.1. The summed E-state index contributed by atoms with van der Waals surface area (Å²) in [6.45, 7) is 0.199. The smallest absolute Gasteiger partial charge is 0.286 e. The van der Waals surface area contributed by atoms with Crippen LogP contribution in [0.25, 0.3) is 0 Å². The van der Waals surface area contributed by atoms with Gasteiger partial charge in [-0.15, -0.1) is 0 Å². The minimum Gasteiger partial charge on any atom is -0.496 e. The van der Waals surface area contributed by atoms with E-state index < -0.39 is 12.2 Å². The minimum absolute atomic E-state index is 0.0924. The molecule has 4 amide bonds. The first-order chi connectivity index (χ1) is 24.6. The van der Waals surface area contributed by atoms with Gasteiger partial charge in [0.05, 0.1) is 17.6 Å². The predicted octanol–water partition coefficient (Wildman–Crippen LogP) is 6.05. The van der Waals surface area contributed by atoms with Crippen LogP contribution in [0.15, 0.2) is 97.1 Å². The van der Waals surface area contributed by atoms with E-state index in [-0.39, 0.29) is 46.0 Å². The maximum atomic E-state index is 11.6. The van der Waals surface area contributed by atoms with E-state index in [0.29, 0.717) is 46.2 Å². The Morgan fingerprint density at radius 1 is 0.686 bits per heavy atom. The molecule has 2 aliphatic rings. The van der Waals surface area contributed by atoms with E-state index >= 15 is 0 Å². The summed E-state index contributed by atoms with van der Waals surface area (Å²) in [7, 11) is 1.56. The Bertz CT molecular complexity index is 1840. The van der Waals surface area contributed by atoms with Crippen molar-refractivity contribution in [2.75, 3.05) is 20.3 Å². The van der Waals surface area contributed by atoms with Crippen molar-refractivity contribution in [1.29, 1.82) is 0 Å². The van der Waals surface area contributed by atoms with Gasteiger partial charge in [-0.1, -0.05) is 89.7 Å². The molecule has 4 unspecified atom stereocenters. The Labute approximate surface area is 308 Å². The summed E-state index contributed by atoms with van der Waals surface area (Å²) in [6, 6.07) is 28.8. The zero-order valence-corrected chi connectivity index (χ0v) is 29.7. The van der Waals surface area contributed by atoms with Gasteiger partial charge in [-0.25, -0.2) is 0 Å². The number of ether oxygens (including phenoxy) is 3. The highest BCUT2D eigenvalue weighted by atomic mass is 35.5. The Morgan fingerprint density at radius 3 is 1.67 bits per heavy atom. The van der Waals surface area contributed by atoms with Gasteiger partial charge in [0.15, 0.2) is 0 Å². The zero-order chi connectivity index (χ0) is 36.3. The lowest BCUT2D eigenvalue weighted by atomic mass is 10.1. The molecule has 6 rings (SSSR count). The zero-order valence-electron chi connectivity index (χ0n) is 27.3. The van der Waals surface area contributed by atoms with E-state index in [2.05, 4.69) is 10.6 Å². The summed E-state index contributed by atoms with van der Waals surface area (Å²) in [6.07, 6.45) is -0.626. The van der Waals surface area contributed by atoms with Crippen molar-refractivity contribution in [2.45, 2.75) is 35.5 Å². The topological polar surface area (TPSA) is 160 Å². The number of aliphatic hydroxyl groups is 2. The lowest BCUT2D eigenvalue weighted by Crippen LogP contribution is -2.25. The van der Waals surface area contributed by atoms with Gasteiger partial charge < -0.3 is 24.4 Å². The molecule has 0 spiro atoms. The van der Waals surface area contributed by atoms with E-state index in [1.165, 1.54) is 0 Å². The quantitative estimate of drug-likeness (QED) is 0.126. The molecule has 51 heavy (non-hydrogen) atoms. The van der Waals surface area contributed by atoms with Crippen molar-refractivity contribution in [1.82, 2.24) is 10.6 Å². The van der Waals surface area contributed by atoms with Gasteiger partial charge in [-0.05, 0) is 72.0 Å². The Hall–Kier alpha value is -4.53. The molecule has 4 aromatic rings. The third-order valence-electron chi connectivity index (χ3n) is 7.77. The van der Waals surface area contributed by atoms with Crippen LogP contribution in [0, 0.1) is 0 Å². The number of carbonyl (C=O) groups is 4. The first kappa shape index (κ1) is 37.7. The fourth-order valence-electron chi connectivity index (χ4n) is 5.12. The summed E-state index contributed by atoms with van der Waals surface area (Å²) in [4.78, 5) is 45.6. The molecule has 14 heteroatoms. The van der Waals surface area contributed by atoms with Gasteiger partial charge in [-0.3, -0.25) is 29.8 Å². The molecule has 2 fully saturated rings. The molecule has 266 valence electrons. The highest BCUT2D eigenvalue weighted by Gasteiger charge is 2.32. The number of nitrogens with one attached hydrogen (secondary N) is 2. The number of halogens is 1. The first-order valence-corrected chi connectivity index (χ1v) is 17.9. The number of carbonyl (C=O) groups excluding carboxylic acids is 4. The largest absolute Gasteiger partial charge is 0.496 e. The van der Waals surface area contributed by atoms with Crippen LogP contribution in [0.2, 0.25) is 5.02 Å². The lowest BCUT2D eigenvalue weighted by Gasteiger charge is -2.15. The number of imide groups is 2. The number of para-hydroxylation sites is 1. The van der Waals surface area contributed by atoms with Crippen LogP contribution in [0.3, 0.4) is 0 Å². The summed E-state index contributed by atoms with van der Waals surface area (Å²) < 4.78 is 16.5. The van der Waals surface area contributed by atoms with E-state index in [1.807, 2.05) is 36.4 Å². The van der Waals surface area contributed by atoms with Crippen LogP contribution < -0.4 is 24.8 Å². The Morgan fingerprint density at radius 2 is 1.20 bits per heavy atom.